The van der Waals surface area contributed by atoms with Crippen LogP contribution in [-0.2, 0) is 13.2 Å². The fourth-order valence-corrected chi connectivity index (χ4v) is 2.05. The molecule has 0 bridgehead atoms. The Morgan fingerprint density at radius 1 is 1.20 bits per heavy atom. The summed E-state index contributed by atoms with van der Waals surface area (Å²) in [5.41, 5.74) is 3.52. The second-order valence-corrected chi connectivity index (χ2v) is 4.71. The molecular weight excluding hydrogens is 256 g/mol. The van der Waals surface area contributed by atoms with E-state index in [0.29, 0.717) is 23.4 Å². The smallest absolute Gasteiger partial charge is 0.142 e. The van der Waals surface area contributed by atoms with Crippen LogP contribution in [0.1, 0.15) is 22.4 Å². The minimum Gasteiger partial charge on any atom is -0.508 e. The number of anilines is 1. The number of phenols is 1. The van der Waals surface area contributed by atoms with Crippen LogP contribution in [0.2, 0.25) is 0 Å². The number of phenolic OH excluding ortho intramolecular Hbond substituents is 1. The van der Waals surface area contributed by atoms with E-state index < -0.39 is 0 Å². The fourth-order valence-electron chi connectivity index (χ4n) is 2.05. The zero-order chi connectivity index (χ0) is 14.7. The molecule has 1 heterocycles. The zero-order valence-electron chi connectivity index (χ0n) is 11.5. The number of aryl methyl sites for hydroxylation is 2. The molecule has 0 unspecified atom stereocenters. The van der Waals surface area contributed by atoms with E-state index in [2.05, 4.69) is 10.3 Å². The van der Waals surface area contributed by atoms with Gasteiger partial charge < -0.3 is 20.6 Å². The lowest BCUT2D eigenvalue weighted by Crippen LogP contribution is -2.06. The molecule has 0 radical (unpaired) electrons. The van der Waals surface area contributed by atoms with Gasteiger partial charge in [-0.15, -0.1) is 0 Å². The predicted molar refractivity (Wildman–Crippen MR) is 76.7 cm³/mol. The van der Waals surface area contributed by atoms with Gasteiger partial charge in [0, 0.05) is 29.6 Å². The van der Waals surface area contributed by atoms with E-state index in [1.54, 1.807) is 31.3 Å². The van der Waals surface area contributed by atoms with E-state index in [-0.39, 0.29) is 18.1 Å². The van der Waals surface area contributed by atoms with Crippen LogP contribution < -0.4 is 5.32 Å². The van der Waals surface area contributed by atoms with Crippen LogP contribution in [-0.4, -0.2) is 20.3 Å². The van der Waals surface area contributed by atoms with Crippen LogP contribution in [0.15, 0.2) is 24.4 Å². The Bertz CT molecular complexity index is 627. The first-order valence-corrected chi connectivity index (χ1v) is 6.33. The molecule has 5 heteroatoms. The third-order valence-electron chi connectivity index (χ3n) is 3.27. The van der Waals surface area contributed by atoms with Crippen molar-refractivity contribution in [2.24, 2.45) is 0 Å². The molecule has 2 rings (SSSR count). The largest absolute Gasteiger partial charge is 0.508 e. The normalized spacial score (nSPS) is 10.6. The molecule has 0 amide bonds. The van der Waals surface area contributed by atoms with Crippen molar-refractivity contribution in [1.29, 1.82) is 0 Å². The Morgan fingerprint density at radius 3 is 2.60 bits per heavy atom. The minimum absolute atomic E-state index is 0.0977. The molecule has 2 aromatic rings. The van der Waals surface area contributed by atoms with Gasteiger partial charge in [-0.3, -0.25) is 4.98 Å². The Morgan fingerprint density at radius 2 is 1.95 bits per heavy atom. The number of aromatic nitrogens is 1. The van der Waals surface area contributed by atoms with Gasteiger partial charge in [0.1, 0.15) is 11.5 Å². The highest BCUT2D eigenvalue weighted by Gasteiger charge is 2.11. The highest BCUT2D eigenvalue weighted by Crippen LogP contribution is 2.26. The molecule has 0 spiro atoms. The van der Waals surface area contributed by atoms with Crippen LogP contribution in [0, 0.1) is 13.8 Å². The Kier molecular flexibility index (Phi) is 4.10. The van der Waals surface area contributed by atoms with Crippen LogP contribution in [0.5, 0.6) is 11.5 Å². The van der Waals surface area contributed by atoms with Crippen molar-refractivity contribution in [3.63, 3.8) is 0 Å². The Hall–Kier alpha value is -2.27. The highest BCUT2D eigenvalue weighted by atomic mass is 16.3. The number of aliphatic hydroxyl groups excluding tert-OH is 1. The summed E-state index contributed by atoms with van der Waals surface area (Å²) in [7, 11) is 0. The fraction of sp³-hybridized carbons (Fsp3) is 0.267. The Balaban J connectivity index is 2.24. The first-order chi connectivity index (χ1) is 9.52. The molecule has 0 aliphatic rings. The van der Waals surface area contributed by atoms with Crippen molar-refractivity contribution in [3.8, 4) is 11.5 Å². The summed E-state index contributed by atoms with van der Waals surface area (Å²) in [5.74, 6) is 0.312. The van der Waals surface area contributed by atoms with Crippen LogP contribution in [0.25, 0.3) is 0 Å². The SMILES string of the molecule is Cc1cc(O)ccc1NCc1c(CO)cnc(C)c1O. The number of nitrogens with one attached hydrogen (secondary N) is 1. The maximum absolute atomic E-state index is 10.0. The quantitative estimate of drug-likeness (QED) is 0.642. The van der Waals surface area contributed by atoms with Crippen LogP contribution in [0.3, 0.4) is 0 Å². The number of aliphatic hydroxyl groups is 1. The van der Waals surface area contributed by atoms with Gasteiger partial charge >= 0.3 is 0 Å². The lowest BCUT2D eigenvalue weighted by Gasteiger charge is -2.14. The molecular formula is C15H18N2O3. The van der Waals surface area contributed by atoms with E-state index in [1.807, 2.05) is 6.92 Å². The van der Waals surface area contributed by atoms with Crippen molar-refractivity contribution < 1.29 is 15.3 Å². The monoisotopic (exact) mass is 274 g/mol. The summed E-state index contributed by atoms with van der Waals surface area (Å²) in [6.45, 7) is 3.79. The second kappa shape index (κ2) is 5.79. The van der Waals surface area contributed by atoms with Gasteiger partial charge in [0.05, 0.1) is 12.3 Å². The summed E-state index contributed by atoms with van der Waals surface area (Å²) in [5, 5.41) is 31.9. The molecule has 4 N–H and O–H groups in total. The number of rotatable bonds is 4. The first-order valence-electron chi connectivity index (χ1n) is 6.33. The van der Waals surface area contributed by atoms with Gasteiger partial charge in [0.15, 0.2) is 0 Å². The van der Waals surface area contributed by atoms with Crippen molar-refractivity contribution >= 4 is 5.69 Å². The highest BCUT2D eigenvalue weighted by molar-refractivity contribution is 5.54. The van der Waals surface area contributed by atoms with Gasteiger partial charge in [0.25, 0.3) is 0 Å². The number of nitrogens with zero attached hydrogens (tertiary/aromatic N) is 1. The van der Waals surface area contributed by atoms with Crippen LogP contribution >= 0.6 is 0 Å². The maximum atomic E-state index is 10.0. The van der Waals surface area contributed by atoms with Crippen molar-refractivity contribution in [1.82, 2.24) is 4.98 Å². The standard InChI is InChI=1S/C15H18N2O3/c1-9-5-12(19)3-4-14(9)17-7-13-11(8-18)6-16-10(2)15(13)20/h3-6,17-20H,7-8H2,1-2H3. The van der Waals surface area contributed by atoms with Crippen LogP contribution in [0.4, 0.5) is 5.69 Å². The average molecular weight is 274 g/mol. The lowest BCUT2D eigenvalue weighted by atomic mass is 10.1. The third-order valence-corrected chi connectivity index (χ3v) is 3.27. The zero-order valence-corrected chi connectivity index (χ0v) is 11.5. The number of hydrogen-bond acceptors (Lipinski definition) is 5. The second-order valence-electron chi connectivity index (χ2n) is 4.71. The molecule has 1 aromatic heterocycles. The van der Waals surface area contributed by atoms with Crippen molar-refractivity contribution in [2.45, 2.75) is 27.0 Å². The molecule has 1 aromatic carbocycles. The molecule has 106 valence electrons. The molecule has 0 aliphatic heterocycles. The Labute approximate surface area is 117 Å². The number of hydrogen-bond donors (Lipinski definition) is 4. The van der Waals surface area contributed by atoms with Gasteiger partial charge in [0.2, 0.25) is 0 Å². The maximum Gasteiger partial charge on any atom is 0.142 e. The van der Waals surface area contributed by atoms with E-state index in [0.717, 1.165) is 11.3 Å². The molecule has 0 saturated carbocycles. The van der Waals surface area contributed by atoms with E-state index in [4.69, 9.17) is 0 Å². The summed E-state index contributed by atoms with van der Waals surface area (Å²) >= 11 is 0. The number of pyridine rings is 1. The molecule has 20 heavy (non-hydrogen) atoms. The summed E-state index contributed by atoms with van der Waals surface area (Å²) in [6.07, 6.45) is 1.57. The molecule has 0 fully saturated rings. The van der Waals surface area contributed by atoms with Crippen molar-refractivity contribution in [2.75, 3.05) is 5.32 Å². The molecule has 5 nitrogen and oxygen atoms in total. The van der Waals surface area contributed by atoms with Crippen molar-refractivity contribution in [3.05, 3.63) is 46.8 Å². The lowest BCUT2D eigenvalue weighted by molar-refractivity contribution is 0.279. The van der Waals surface area contributed by atoms with E-state index in [1.165, 1.54) is 0 Å². The number of aromatic hydroxyl groups is 2. The van der Waals surface area contributed by atoms with Gasteiger partial charge in [-0.1, -0.05) is 0 Å². The predicted octanol–water partition coefficient (Wildman–Crippen LogP) is 2.21. The molecule has 0 saturated heterocycles. The summed E-state index contributed by atoms with van der Waals surface area (Å²) in [6, 6.07) is 5.03. The average Bonchev–Trinajstić information content (AvgIpc) is 2.42. The van der Waals surface area contributed by atoms with E-state index >= 15 is 0 Å². The summed E-state index contributed by atoms with van der Waals surface area (Å²) in [4.78, 5) is 4.02. The first kappa shape index (κ1) is 14.1. The number of benzene rings is 1. The topological polar surface area (TPSA) is 85.6 Å². The van der Waals surface area contributed by atoms with Gasteiger partial charge in [-0.05, 0) is 37.6 Å². The summed E-state index contributed by atoms with van der Waals surface area (Å²) < 4.78 is 0. The van der Waals surface area contributed by atoms with Gasteiger partial charge in [-0.2, -0.15) is 0 Å². The third kappa shape index (κ3) is 2.83. The van der Waals surface area contributed by atoms with E-state index in [9.17, 15) is 15.3 Å². The van der Waals surface area contributed by atoms with Gasteiger partial charge in [-0.25, -0.2) is 0 Å². The molecule has 0 atom stereocenters. The molecule has 0 aliphatic carbocycles. The minimum atomic E-state index is -0.174.